The molecule has 0 saturated heterocycles. The maximum absolute atomic E-state index is 6.80. The summed E-state index contributed by atoms with van der Waals surface area (Å²) < 4.78 is 10.2. The fraction of sp³-hybridized carbons (Fsp3) is 0.300. The first-order valence-electron chi connectivity index (χ1n) is 3.86. The third-order valence-corrected chi connectivity index (χ3v) is 1.77. The van der Waals surface area contributed by atoms with Crippen molar-refractivity contribution in [3.05, 3.63) is 35.2 Å². The summed E-state index contributed by atoms with van der Waals surface area (Å²) in [5, 5.41) is 0. The van der Waals surface area contributed by atoms with Crippen molar-refractivity contribution in [1.82, 2.24) is 0 Å². The van der Waals surface area contributed by atoms with Crippen molar-refractivity contribution < 1.29 is 9.47 Å². The van der Waals surface area contributed by atoms with Crippen LogP contribution in [-0.2, 0) is 6.54 Å². The molecule has 0 fully saturated rings. The van der Waals surface area contributed by atoms with Gasteiger partial charge in [-0.1, -0.05) is 6.07 Å². The van der Waals surface area contributed by atoms with Gasteiger partial charge in [-0.25, -0.2) is 6.57 Å². The fourth-order valence-electron chi connectivity index (χ4n) is 1.16. The van der Waals surface area contributed by atoms with Gasteiger partial charge in [-0.05, 0) is 12.1 Å². The standard InChI is InChI=1S/C10H11NO2/c1-11-7-8-9(12-2)5-4-6-10(8)13-3/h4-6H,7H2,2-3H3. The smallest absolute Gasteiger partial charge is 0.246 e. The Balaban J connectivity index is 3.14. The molecule has 0 bridgehead atoms. The van der Waals surface area contributed by atoms with Crippen LogP contribution >= 0.6 is 0 Å². The molecule has 0 radical (unpaired) electrons. The van der Waals surface area contributed by atoms with Gasteiger partial charge in [-0.3, -0.25) is 0 Å². The predicted molar refractivity (Wildman–Crippen MR) is 49.9 cm³/mol. The lowest BCUT2D eigenvalue weighted by molar-refractivity contribution is 0.387. The minimum absolute atomic E-state index is 0.285. The molecule has 0 atom stereocenters. The maximum Gasteiger partial charge on any atom is 0.246 e. The second-order valence-electron chi connectivity index (χ2n) is 2.46. The van der Waals surface area contributed by atoms with Crippen molar-refractivity contribution in [3.8, 4) is 11.5 Å². The first-order chi connectivity index (χ1) is 6.33. The third kappa shape index (κ3) is 1.91. The average molecular weight is 177 g/mol. The Hall–Kier alpha value is -1.69. The molecule has 68 valence electrons. The van der Waals surface area contributed by atoms with Gasteiger partial charge in [0, 0.05) is 0 Å². The summed E-state index contributed by atoms with van der Waals surface area (Å²) in [6, 6.07) is 5.48. The summed E-state index contributed by atoms with van der Waals surface area (Å²) in [6.07, 6.45) is 0. The van der Waals surface area contributed by atoms with Crippen LogP contribution in [0, 0.1) is 6.57 Å². The SMILES string of the molecule is [C-]#[N+]Cc1c(OC)cccc1OC. The van der Waals surface area contributed by atoms with Crippen LogP contribution in [0.2, 0.25) is 0 Å². The highest BCUT2D eigenvalue weighted by Gasteiger charge is 2.11. The molecule has 1 rings (SSSR count). The number of benzene rings is 1. The molecular weight excluding hydrogens is 166 g/mol. The number of hydrogen-bond donors (Lipinski definition) is 0. The van der Waals surface area contributed by atoms with Crippen LogP contribution in [0.5, 0.6) is 11.5 Å². The molecule has 0 aliphatic rings. The maximum atomic E-state index is 6.80. The molecule has 13 heavy (non-hydrogen) atoms. The zero-order valence-corrected chi connectivity index (χ0v) is 7.70. The summed E-state index contributed by atoms with van der Waals surface area (Å²) in [6.45, 7) is 7.08. The molecule has 1 aromatic carbocycles. The van der Waals surface area contributed by atoms with Gasteiger partial charge in [-0.2, -0.15) is 0 Å². The molecular formula is C10H11NO2. The Bertz CT molecular complexity index is 306. The summed E-state index contributed by atoms with van der Waals surface area (Å²) in [5.41, 5.74) is 0.808. The highest BCUT2D eigenvalue weighted by atomic mass is 16.5. The highest BCUT2D eigenvalue weighted by Crippen LogP contribution is 2.28. The molecule has 0 aliphatic carbocycles. The van der Waals surface area contributed by atoms with E-state index in [0.29, 0.717) is 11.5 Å². The molecule has 3 nitrogen and oxygen atoms in total. The van der Waals surface area contributed by atoms with Gasteiger partial charge in [-0.15, -0.1) is 0 Å². The largest absolute Gasteiger partial charge is 0.496 e. The normalized spacial score (nSPS) is 9.00. The zero-order chi connectivity index (χ0) is 9.68. The van der Waals surface area contributed by atoms with E-state index in [-0.39, 0.29) is 6.54 Å². The molecule has 0 saturated carbocycles. The quantitative estimate of drug-likeness (QED) is 0.660. The van der Waals surface area contributed by atoms with Crippen molar-refractivity contribution in [2.24, 2.45) is 0 Å². The third-order valence-electron chi connectivity index (χ3n) is 1.77. The van der Waals surface area contributed by atoms with Crippen LogP contribution in [0.15, 0.2) is 18.2 Å². The zero-order valence-electron chi connectivity index (χ0n) is 7.70. The van der Waals surface area contributed by atoms with E-state index in [0.717, 1.165) is 5.56 Å². The number of methoxy groups -OCH3 is 2. The number of hydrogen-bond acceptors (Lipinski definition) is 2. The topological polar surface area (TPSA) is 22.8 Å². The van der Waals surface area contributed by atoms with Crippen molar-refractivity contribution in [2.45, 2.75) is 6.54 Å². The van der Waals surface area contributed by atoms with Gasteiger partial charge in [0.05, 0.1) is 14.2 Å². The second kappa shape index (κ2) is 4.36. The monoisotopic (exact) mass is 177 g/mol. The molecule has 0 unspecified atom stereocenters. The van der Waals surface area contributed by atoms with E-state index in [2.05, 4.69) is 4.85 Å². The van der Waals surface area contributed by atoms with E-state index in [1.54, 1.807) is 14.2 Å². The van der Waals surface area contributed by atoms with Crippen LogP contribution in [0.4, 0.5) is 0 Å². The van der Waals surface area contributed by atoms with Gasteiger partial charge >= 0.3 is 0 Å². The summed E-state index contributed by atoms with van der Waals surface area (Å²) in [7, 11) is 3.17. The number of nitrogens with zero attached hydrogens (tertiary/aromatic N) is 1. The van der Waals surface area contributed by atoms with Crippen LogP contribution in [0.1, 0.15) is 5.56 Å². The number of ether oxygens (including phenoxy) is 2. The first-order valence-corrected chi connectivity index (χ1v) is 3.86. The summed E-state index contributed by atoms with van der Waals surface area (Å²) in [4.78, 5) is 3.31. The van der Waals surface area contributed by atoms with Crippen LogP contribution in [0.3, 0.4) is 0 Å². The second-order valence-corrected chi connectivity index (χ2v) is 2.46. The van der Waals surface area contributed by atoms with Gasteiger partial charge in [0.1, 0.15) is 17.1 Å². The molecule has 0 aromatic heterocycles. The van der Waals surface area contributed by atoms with E-state index in [4.69, 9.17) is 16.0 Å². The molecule has 3 heteroatoms. The Morgan fingerprint density at radius 1 is 1.23 bits per heavy atom. The van der Waals surface area contributed by atoms with Crippen LogP contribution in [0.25, 0.3) is 4.85 Å². The number of rotatable bonds is 3. The van der Waals surface area contributed by atoms with E-state index in [1.807, 2.05) is 18.2 Å². The Morgan fingerprint density at radius 3 is 2.15 bits per heavy atom. The average Bonchev–Trinajstić information content (AvgIpc) is 2.18. The van der Waals surface area contributed by atoms with Gasteiger partial charge in [0.2, 0.25) is 6.54 Å². The lowest BCUT2D eigenvalue weighted by Gasteiger charge is -2.07. The Kier molecular flexibility index (Phi) is 3.15. The summed E-state index contributed by atoms with van der Waals surface area (Å²) >= 11 is 0. The molecule has 0 heterocycles. The molecule has 0 aliphatic heterocycles. The summed E-state index contributed by atoms with van der Waals surface area (Å²) in [5.74, 6) is 1.41. The van der Waals surface area contributed by atoms with Crippen LogP contribution in [-0.4, -0.2) is 14.2 Å². The van der Waals surface area contributed by atoms with E-state index < -0.39 is 0 Å². The Morgan fingerprint density at radius 2 is 1.77 bits per heavy atom. The van der Waals surface area contributed by atoms with Crippen molar-refractivity contribution in [1.29, 1.82) is 0 Å². The highest BCUT2D eigenvalue weighted by molar-refractivity contribution is 5.45. The van der Waals surface area contributed by atoms with Gasteiger partial charge < -0.3 is 14.3 Å². The van der Waals surface area contributed by atoms with Gasteiger partial charge in [0.15, 0.2) is 0 Å². The lowest BCUT2D eigenvalue weighted by Crippen LogP contribution is -1.94. The molecule has 0 amide bonds. The molecule has 0 N–H and O–H groups in total. The first kappa shape index (κ1) is 9.40. The molecule has 0 spiro atoms. The molecule has 1 aromatic rings. The lowest BCUT2D eigenvalue weighted by atomic mass is 10.2. The van der Waals surface area contributed by atoms with E-state index in [1.165, 1.54) is 0 Å². The van der Waals surface area contributed by atoms with E-state index in [9.17, 15) is 0 Å². The fourth-order valence-corrected chi connectivity index (χ4v) is 1.16. The minimum atomic E-state index is 0.285. The van der Waals surface area contributed by atoms with Crippen LogP contribution < -0.4 is 9.47 Å². The Labute approximate surface area is 77.7 Å². The minimum Gasteiger partial charge on any atom is -0.496 e. The predicted octanol–water partition coefficient (Wildman–Crippen LogP) is 2.12. The van der Waals surface area contributed by atoms with Gasteiger partial charge in [0.25, 0.3) is 0 Å². The van der Waals surface area contributed by atoms with Crippen molar-refractivity contribution in [3.63, 3.8) is 0 Å². The van der Waals surface area contributed by atoms with Crippen molar-refractivity contribution in [2.75, 3.05) is 14.2 Å². The van der Waals surface area contributed by atoms with Crippen molar-refractivity contribution >= 4 is 0 Å². The van der Waals surface area contributed by atoms with E-state index >= 15 is 0 Å².